The van der Waals surface area contributed by atoms with Gasteiger partial charge in [0.25, 0.3) is 0 Å². The van der Waals surface area contributed by atoms with E-state index in [4.69, 9.17) is 4.74 Å². The van der Waals surface area contributed by atoms with Crippen LogP contribution < -0.4 is 10.1 Å². The summed E-state index contributed by atoms with van der Waals surface area (Å²) in [6.07, 6.45) is 7.42. The number of nitrogens with zero attached hydrogens (tertiary/aromatic N) is 1. The average Bonchev–Trinajstić information content (AvgIpc) is 2.63. The monoisotopic (exact) mass is 320 g/mol. The van der Waals surface area contributed by atoms with Crippen molar-refractivity contribution in [3.8, 4) is 5.75 Å². The molecule has 2 aromatic rings. The van der Waals surface area contributed by atoms with Crippen molar-refractivity contribution in [2.75, 3.05) is 26.5 Å². The van der Waals surface area contributed by atoms with Crippen LogP contribution in [0.4, 0.5) is 5.69 Å². The molecule has 124 valence electrons. The minimum absolute atomic E-state index is 0.301. The molecule has 1 atom stereocenters. The highest BCUT2D eigenvalue weighted by Gasteiger charge is 2.33. The van der Waals surface area contributed by atoms with E-state index >= 15 is 0 Å². The van der Waals surface area contributed by atoms with Crippen LogP contribution in [0.1, 0.15) is 12.0 Å². The number of ether oxygens (including phenoxy) is 1. The third-order valence-electron chi connectivity index (χ3n) is 4.43. The van der Waals surface area contributed by atoms with Crippen LogP contribution in [0.25, 0.3) is 0 Å². The molecule has 1 unspecified atom stereocenters. The second-order valence-corrected chi connectivity index (χ2v) is 6.28. The van der Waals surface area contributed by atoms with Crippen LogP contribution in [0.5, 0.6) is 5.75 Å². The molecular weight excluding hydrogens is 296 g/mol. The van der Waals surface area contributed by atoms with Gasteiger partial charge < -0.3 is 15.0 Å². The summed E-state index contributed by atoms with van der Waals surface area (Å²) in [5, 5.41) is 3.74. The van der Waals surface area contributed by atoms with E-state index in [1.807, 2.05) is 18.2 Å². The number of hydrogen-bond acceptors (Lipinski definition) is 3. The molecule has 3 rings (SSSR count). The summed E-state index contributed by atoms with van der Waals surface area (Å²) in [5.74, 6) is 0.871. The summed E-state index contributed by atoms with van der Waals surface area (Å²) >= 11 is 0. The quantitative estimate of drug-likeness (QED) is 0.883. The Morgan fingerprint density at radius 3 is 2.54 bits per heavy atom. The number of methoxy groups -OCH3 is 1. The Bertz CT molecular complexity index is 749. The SMILES string of the molecule is COc1cccc(C2(Nc3ccccc3)C=CC=C(N(C)C)C2)c1. The van der Waals surface area contributed by atoms with Gasteiger partial charge in [-0.25, -0.2) is 0 Å². The standard InChI is InChI=1S/C21H24N2O/c1-23(2)19-12-8-14-21(16-19,22-18-10-5-4-6-11-18)17-9-7-13-20(15-17)24-3/h4-15,22H,16H2,1-3H3. The van der Waals surface area contributed by atoms with E-state index in [2.05, 4.69) is 78.9 Å². The summed E-state index contributed by atoms with van der Waals surface area (Å²) in [7, 11) is 5.88. The summed E-state index contributed by atoms with van der Waals surface area (Å²) < 4.78 is 5.44. The van der Waals surface area contributed by atoms with Crippen LogP contribution in [-0.2, 0) is 5.54 Å². The van der Waals surface area contributed by atoms with Crippen molar-refractivity contribution in [1.82, 2.24) is 4.90 Å². The first-order valence-electron chi connectivity index (χ1n) is 8.16. The minimum Gasteiger partial charge on any atom is -0.497 e. The molecule has 0 spiro atoms. The Morgan fingerprint density at radius 1 is 1.04 bits per heavy atom. The van der Waals surface area contributed by atoms with Crippen molar-refractivity contribution in [3.63, 3.8) is 0 Å². The van der Waals surface area contributed by atoms with Gasteiger partial charge in [-0.15, -0.1) is 0 Å². The van der Waals surface area contributed by atoms with Gasteiger partial charge in [0.1, 0.15) is 5.75 Å². The maximum absolute atomic E-state index is 5.44. The van der Waals surface area contributed by atoms with Crippen molar-refractivity contribution >= 4 is 5.69 Å². The molecule has 0 saturated heterocycles. The lowest BCUT2D eigenvalue weighted by Crippen LogP contribution is -2.37. The molecule has 0 amide bonds. The first kappa shape index (κ1) is 16.2. The van der Waals surface area contributed by atoms with E-state index in [1.54, 1.807) is 7.11 Å². The van der Waals surface area contributed by atoms with E-state index in [-0.39, 0.29) is 5.54 Å². The van der Waals surface area contributed by atoms with Crippen LogP contribution in [0.3, 0.4) is 0 Å². The molecule has 0 aromatic heterocycles. The van der Waals surface area contributed by atoms with E-state index in [9.17, 15) is 0 Å². The normalized spacial score (nSPS) is 19.5. The number of nitrogens with one attached hydrogen (secondary N) is 1. The molecule has 1 N–H and O–H groups in total. The van der Waals surface area contributed by atoms with Gasteiger partial charge in [0, 0.05) is 31.9 Å². The van der Waals surface area contributed by atoms with Crippen LogP contribution in [0.15, 0.2) is 78.5 Å². The fraction of sp³-hybridized carbons (Fsp3) is 0.238. The second kappa shape index (κ2) is 6.83. The van der Waals surface area contributed by atoms with E-state index in [0.717, 1.165) is 17.9 Å². The highest BCUT2D eigenvalue weighted by molar-refractivity contribution is 5.53. The first-order chi connectivity index (χ1) is 11.6. The summed E-state index contributed by atoms with van der Waals surface area (Å²) in [5.41, 5.74) is 3.27. The Labute approximate surface area is 144 Å². The van der Waals surface area contributed by atoms with Gasteiger partial charge in [-0.1, -0.05) is 42.5 Å². The van der Waals surface area contributed by atoms with Crippen LogP contribution in [0, 0.1) is 0 Å². The van der Waals surface area contributed by atoms with Gasteiger partial charge in [0.05, 0.1) is 12.6 Å². The maximum atomic E-state index is 5.44. The van der Waals surface area contributed by atoms with Crippen molar-refractivity contribution in [3.05, 3.63) is 84.1 Å². The number of benzene rings is 2. The molecule has 1 aliphatic carbocycles. The van der Waals surface area contributed by atoms with Gasteiger partial charge in [-0.2, -0.15) is 0 Å². The van der Waals surface area contributed by atoms with Crippen molar-refractivity contribution in [2.24, 2.45) is 0 Å². The zero-order valence-electron chi connectivity index (χ0n) is 14.5. The Balaban J connectivity index is 2.04. The zero-order valence-corrected chi connectivity index (χ0v) is 14.5. The van der Waals surface area contributed by atoms with Crippen LogP contribution in [0.2, 0.25) is 0 Å². The molecule has 0 heterocycles. The molecule has 0 bridgehead atoms. The van der Waals surface area contributed by atoms with Crippen molar-refractivity contribution in [1.29, 1.82) is 0 Å². The molecule has 0 aliphatic heterocycles. The van der Waals surface area contributed by atoms with Crippen molar-refractivity contribution in [2.45, 2.75) is 12.0 Å². The number of anilines is 1. The van der Waals surface area contributed by atoms with Gasteiger partial charge in [0.15, 0.2) is 0 Å². The van der Waals surface area contributed by atoms with Gasteiger partial charge in [-0.05, 0) is 35.9 Å². The van der Waals surface area contributed by atoms with Gasteiger partial charge in [-0.3, -0.25) is 0 Å². The Kier molecular flexibility index (Phi) is 4.61. The molecule has 1 aliphatic rings. The molecule has 0 saturated carbocycles. The predicted molar refractivity (Wildman–Crippen MR) is 100 cm³/mol. The lowest BCUT2D eigenvalue weighted by molar-refractivity contribution is 0.410. The fourth-order valence-electron chi connectivity index (χ4n) is 3.07. The smallest absolute Gasteiger partial charge is 0.119 e. The third kappa shape index (κ3) is 3.30. The maximum Gasteiger partial charge on any atom is 0.119 e. The van der Waals surface area contributed by atoms with Crippen LogP contribution in [-0.4, -0.2) is 26.1 Å². The minimum atomic E-state index is -0.301. The number of allylic oxidation sites excluding steroid dienone is 2. The molecule has 3 nitrogen and oxygen atoms in total. The van der Waals surface area contributed by atoms with Gasteiger partial charge in [0.2, 0.25) is 0 Å². The third-order valence-corrected chi connectivity index (χ3v) is 4.43. The van der Waals surface area contributed by atoms with Crippen molar-refractivity contribution < 1.29 is 4.74 Å². The zero-order chi connectivity index (χ0) is 17.0. The summed E-state index contributed by atoms with van der Waals surface area (Å²) in [6, 6.07) is 18.6. The summed E-state index contributed by atoms with van der Waals surface area (Å²) in [4.78, 5) is 2.17. The molecule has 0 radical (unpaired) electrons. The lowest BCUT2D eigenvalue weighted by atomic mass is 9.81. The van der Waals surface area contributed by atoms with E-state index in [1.165, 1.54) is 11.3 Å². The number of hydrogen-bond donors (Lipinski definition) is 1. The topological polar surface area (TPSA) is 24.5 Å². The van der Waals surface area contributed by atoms with Gasteiger partial charge >= 0.3 is 0 Å². The molecule has 3 heteroatoms. The van der Waals surface area contributed by atoms with E-state index in [0.29, 0.717) is 0 Å². The molecule has 24 heavy (non-hydrogen) atoms. The molecule has 2 aromatic carbocycles. The predicted octanol–water partition coefficient (Wildman–Crippen LogP) is 4.41. The lowest BCUT2D eigenvalue weighted by Gasteiger charge is -2.38. The van der Waals surface area contributed by atoms with Crippen LogP contribution >= 0.6 is 0 Å². The molecular formula is C21H24N2O. The number of rotatable bonds is 5. The average molecular weight is 320 g/mol. The second-order valence-electron chi connectivity index (χ2n) is 6.28. The first-order valence-corrected chi connectivity index (χ1v) is 8.16. The van der Waals surface area contributed by atoms with E-state index < -0.39 is 0 Å². The summed E-state index contributed by atoms with van der Waals surface area (Å²) in [6.45, 7) is 0. The molecule has 0 fully saturated rings. The highest BCUT2D eigenvalue weighted by atomic mass is 16.5. The number of para-hydroxylation sites is 1. The fourth-order valence-corrected chi connectivity index (χ4v) is 3.07. The Morgan fingerprint density at radius 2 is 1.83 bits per heavy atom. The highest BCUT2D eigenvalue weighted by Crippen LogP contribution is 2.38. The largest absolute Gasteiger partial charge is 0.497 e. The Hall–Kier alpha value is -2.68.